The topological polar surface area (TPSA) is 41.1 Å². The summed E-state index contributed by atoms with van der Waals surface area (Å²) in [6.45, 7) is 3.38. The number of carbonyl (C=O) groups is 1. The van der Waals surface area contributed by atoms with E-state index in [9.17, 15) is 9.18 Å². The molecule has 0 aliphatic rings. The van der Waals surface area contributed by atoms with Crippen molar-refractivity contribution in [1.29, 1.82) is 0 Å². The minimum atomic E-state index is -0.431. The van der Waals surface area contributed by atoms with Gasteiger partial charge in [0.25, 0.3) is 0 Å². The lowest BCUT2D eigenvalue weighted by atomic mass is 10.3. The molecule has 0 atom stereocenters. The van der Waals surface area contributed by atoms with Gasteiger partial charge in [0, 0.05) is 17.4 Å². The van der Waals surface area contributed by atoms with Crippen LogP contribution >= 0.6 is 15.9 Å². The van der Waals surface area contributed by atoms with Crippen molar-refractivity contribution in [2.24, 2.45) is 0 Å². The van der Waals surface area contributed by atoms with Crippen molar-refractivity contribution in [3.05, 3.63) is 28.5 Å². The minimum absolute atomic E-state index is 0.196. The monoisotopic (exact) mass is 288 g/mol. The second-order valence-electron chi connectivity index (χ2n) is 3.28. The summed E-state index contributed by atoms with van der Waals surface area (Å²) in [6.07, 6.45) is 0.333. The lowest BCUT2D eigenvalue weighted by Gasteiger charge is -2.07. The Morgan fingerprint density at radius 3 is 2.94 bits per heavy atom. The molecule has 1 aromatic rings. The van der Waals surface area contributed by atoms with Crippen molar-refractivity contribution in [3.8, 4) is 0 Å². The van der Waals surface area contributed by atoms with Crippen LogP contribution in [0.5, 0.6) is 0 Å². The summed E-state index contributed by atoms with van der Waals surface area (Å²) in [5.41, 5.74) is 0.205. The maximum Gasteiger partial charge on any atom is 0.225 e. The molecule has 0 aromatic heterocycles. The maximum absolute atomic E-state index is 13.3. The largest absolute Gasteiger partial charge is 0.324 e. The molecule has 0 saturated carbocycles. The van der Waals surface area contributed by atoms with E-state index in [-0.39, 0.29) is 11.6 Å². The van der Waals surface area contributed by atoms with Crippen LogP contribution < -0.4 is 10.6 Å². The molecule has 1 rings (SSSR count). The third kappa shape index (κ3) is 4.28. The second-order valence-corrected chi connectivity index (χ2v) is 4.19. The third-order valence-corrected chi connectivity index (χ3v) is 2.47. The van der Waals surface area contributed by atoms with Crippen molar-refractivity contribution < 1.29 is 9.18 Å². The molecule has 3 nitrogen and oxygen atoms in total. The Kier molecular flexibility index (Phi) is 5.42. The first-order valence-corrected chi connectivity index (χ1v) is 5.88. The number of nitrogens with one attached hydrogen (secondary N) is 2. The zero-order valence-electron chi connectivity index (χ0n) is 9.02. The Morgan fingerprint density at radius 2 is 2.25 bits per heavy atom. The number of amides is 1. The second kappa shape index (κ2) is 6.60. The number of halogens is 2. The predicted octanol–water partition coefficient (Wildman–Crippen LogP) is 2.53. The van der Waals surface area contributed by atoms with Gasteiger partial charge < -0.3 is 10.6 Å². The van der Waals surface area contributed by atoms with Gasteiger partial charge in [0.05, 0.1) is 5.69 Å². The van der Waals surface area contributed by atoms with Gasteiger partial charge in [0.2, 0.25) is 5.91 Å². The molecule has 0 heterocycles. The third-order valence-electron chi connectivity index (χ3n) is 1.98. The highest BCUT2D eigenvalue weighted by Crippen LogP contribution is 2.19. The summed E-state index contributed by atoms with van der Waals surface area (Å²) in [5, 5.41) is 5.55. The summed E-state index contributed by atoms with van der Waals surface area (Å²) < 4.78 is 14.0. The van der Waals surface area contributed by atoms with Crippen LogP contribution in [-0.4, -0.2) is 19.0 Å². The maximum atomic E-state index is 13.3. The predicted molar refractivity (Wildman–Crippen MR) is 65.9 cm³/mol. The Hall–Kier alpha value is -0.940. The van der Waals surface area contributed by atoms with Crippen LogP contribution in [0.15, 0.2) is 22.7 Å². The highest BCUT2D eigenvalue weighted by Gasteiger charge is 2.06. The number of rotatable bonds is 5. The first kappa shape index (κ1) is 13.1. The first-order valence-electron chi connectivity index (χ1n) is 5.09. The van der Waals surface area contributed by atoms with Crippen LogP contribution in [0.25, 0.3) is 0 Å². The number of benzene rings is 1. The van der Waals surface area contributed by atoms with Gasteiger partial charge in [0.15, 0.2) is 0 Å². The van der Waals surface area contributed by atoms with Gasteiger partial charge in [-0.2, -0.15) is 0 Å². The number of anilines is 1. The molecule has 5 heteroatoms. The summed E-state index contributed by atoms with van der Waals surface area (Å²) in [7, 11) is 0. The SMILES string of the molecule is CCNCCC(=O)Nc1cc(Br)ccc1F. The van der Waals surface area contributed by atoms with E-state index in [1.54, 1.807) is 12.1 Å². The smallest absolute Gasteiger partial charge is 0.225 e. The number of hydrogen-bond acceptors (Lipinski definition) is 2. The lowest BCUT2D eigenvalue weighted by Crippen LogP contribution is -2.21. The Balaban J connectivity index is 2.52. The van der Waals surface area contributed by atoms with Gasteiger partial charge in [-0.15, -0.1) is 0 Å². The molecule has 0 unspecified atom stereocenters. The van der Waals surface area contributed by atoms with Crippen molar-refractivity contribution >= 4 is 27.5 Å². The summed E-state index contributed by atoms with van der Waals surface area (Å²) in [5.74, 6) is -0.627. The van der Waals surface area contributed by atoms with E-state index in [0.29, 0.717) is 13.0 Å². The lowest BCUT2D eigenvalue weighted by molar-refractivity contribution is -0.116. The summed E-state index contributed by atoms with van der Waals surface area (Å²) in [6, 6.07) is 4.44. The molecular formula is C11H14BrFN2O. The molecule has 0 radical (unpaired) electrons. The average Bonchev–Trinajstić information content (AvgIpc) is 2.24. The van der Waals surface area contributed by atoms with Gasteiger partial charge in [-0.25, -0.2) is 4.39 Å². The van der Waals surface area contributed by atoms with E-state index in [1.165, 1.54) is 6.07 Å². The molecule has 0 aliphatic heterocycles. The Bertz CT molecular complexity index is 371. The molecular weight excluding hydrogens is 275 g/mol. The standard InChI is InChI=1S/C11H14BrFN2O/c1-2-14-6-5-11(16)15-10-7-8(12)3-4-9(10)13/h3-4,7,14H,2,5-6H2,1H3,(H,15,16). The molecule has 1 aromatic carbocycles. The van der Waals surface area contributed by atoms with Gasteiger partial charge in [-0.1, -0.05) is 22.9 Å². The average molecular weight is 289 g/mol. The molecule has 16 heavy (non-hydrogen) atoms. The fourth-order valence-electron chi connectivity index (χ4n) is 1.18. The highest BCUT2D eigenvalue weighted by molar-refractivity contribution is 9.10. The molecule has 1 amide bonds. The minimum Gasteiger partial charge on any atom is -0.324 e. The summed E-state index contributed by atoms with van der Waals surface area (Å²) >= 11 is 3.22. The molecule has 0 fully saturated rings. The van der Waals surface area contributed by atoms with Gasteiger partial charge in [0.1, 0.15) is 5.82 Å². The van der Waals surface area contributed by atoms with Crippen molar-refractivity contribution in [2.75, 3.05) is 18.4 Å². The molecule has 2 N–H and O–H groups in total. The highest BCUT2D eigenvalue weighted by atomic mass is 79.9. The normalized spacial score (nSPS) is 10.2. The van der Waals surface area contributed by atoms with Crippen molar-refractivity contribution in [3.63, 3.8) is 0 Å². The zero-order chi connectivity index (χ0) is 12.0. The van der Waals surface area contributed by atoms with E-state index in [2.05, 4.69) is 26.6 Å². The van der Waals surface area contributed by atoms with Crippen LogP contribution in [-0.2, 0) is 4.79 Å². The van der Waals surface area contributed by atoms with Crippen LogP contribution in [0.3, 0.4) is 0 Å². The first-order chi connectivity index (χ1) is 7.63. The molecule has 0 bridgehead atoms. The van der Waals surface area contributed by atoms with Gasteiger partial charge in [-0.3, -0.25) is 4.79 Å². The van der Waals surface area contributed by atoms with Crippen molar-refractivity contribution in [1.82, 2.24) is 5.32 Å². The Labute approximate surface area is 103 Å². The Morgan fingerprint density at radius 1 is 1.50 bits per heavy atom. The summed E-state index contributed by atoms with van der Waals surface area (Å²) in [4.78, 5) is 11.4. The van der Waals surface area contributed by atoms with Crippen LogP contribution in [0.2, 0.25) is 0 Å². The molecule has 0 saturated heterocycles. The van der Waals surface area contributed by atoms with Gasteiger partial charge >= 0.3 is 0 Å². The number of hydrogen-bond donors (Lipinski definition) is 2. The quantitative estimate of drug-likeness (QED) is 0.818. The van der Waals surface area contributed by atoms with Crippen LogP contribution in [0.1, 0.15) is 13.3 Å². The van der Waals surface area contributed by atoms with Gasteiger partial charge in [-0.05, 0) is 24.7 Å². The molecule has 88 valence electrons. The van der Waals surface area contributed by atoms with E-state index < -0.39 is 5.82 Å². The molecule has 0 spiro atoms. The van der Waals surface area contributed by atoms with E-state index >= 15 is 0 Å². The zero-order valence-corrected chi connectivity index (χ0v) is 10.6. The van der Waals surface area contributed by atoms with E-state index in [0.717, 1.165) is 11.0 Å². The van der Waals surface area contributed by atoms with E-state index in [1.807, 2.05) is 6.92 Å². The van der Waals surface area contributed by atoms with E-state index in [4.69, 9.17) is 0 Å². The number of carbonyl (C=O) groups excluding carboxylic acids is 1. The van der Waals surface area contributed by atoms with Crippen LogP contribution in [0, 0.1) is 5.82 Å². The van der Waals surface area contributed by atoms with Crippen molar-refractivity contribution in [2.45, 2.75) is 13.3 Å². The molecule has 0 aliphatic carbocycles. The fraction of sp³-hybridized carbons (Fsp3) is 0.364. The fourth-order valence-corrected chi connectivity index (χ4v) is 1.55. The van der Waals surface area contributed by atoms with Crippen LogP contribution in [0.4, 0.5) is 10.1 Å².